The van der Waals surface area contributed by atoms with Crippen LogP contribution < -0.4 is 0 Å². The fourth-order valence-corrected chi connectivity index (χ4v) is 2.45. The Morgan fingerprint density at radius 1 is 1.69 bits per heavy atom. The molecule has 0 aliphatic carbocycles. The Balaban J connectivity index is 2.41. The summed E-state index contributed by atoms with van der Waals surface area (Å²) in [4.78, 5) is 12.5. The Hall–Kier alpha value is -0.580. The van der Waals surface area contributed by atoms with E-state index >= 15 is 0 Å². The van der Waals surface area contributed by atoms with Crippen molar-refractivity contribution in [2.75, 3.05) is 13.6 Å². The molecule has 0 amide bonds. The molecule has 0 bridgehead atoms. The van der Waals surface area contributed by atoms with Gasteiger partial charge in [-0.3, -0.25) is 9.69 Å². The third-order valence-electron chi connectivity index (χ3n) is 2.63. The van der Waals surface area contributed by atoms with Gasteiger partial charge < -0.3 is 5.11 Å². The quantitative estimate of drug-likeness (QED) is 0.855. The lowest BCUT2D eigenvalue weighted by atomic mass is 10.1. The van der Waals surface area contributed by atoms with Crippen molar-refractivity contribution in [2.24, 2.45) is 0 Å². The molecular formula is C11H16ClNO2S. The summed E-state index contributed by atoms with van der Waals surface area (Å²) in [6.07, 6.45) is 0.898. The third-order valence-corrected chi connectivity index (χ3v) is 3.74. The number of nitrogens with zero attached hydrogens (tertiary/aromatic N) is 1. The summed E-state index contributed by atoms with van der Waals surface area (Å²) >= 11 is 7.40. The first kappa shape index (κ1) is 13.5. The minimum absolute atomic E-state index is 0.224. The molecule has 0 fully saturated rings. The minimum atomic E-state index is -0.736. The number of carboxylic acids is 1. The summed E-state index contributed by atoms with van der Waals surface area (Å²) in [5.74, 6) is -0.736. The number of aliphatic carboxylic acids is 1. The van der Waals surface area contributed by atoms with Crippen molar-refractivity contribution >= 4 is 28.9 Å². The lowest BCUT2D eigenvalue weighted by Crippen LogP contribution is -2.23. The van der Waals surface area contributed by atoms with Gasteiger partial charge in [0.2, 0.25) is 0 Å². The van der Waals surface area contributed by atoms with Crippen LogP contribution in [0.4, 0.5) is 0 Å². The fraction of sp³-hybridized carbons (Fsp3) is 0.545. The highest BCUT2D eigenvalue weighted by atomic mass is 35.5. The molecule has 5 heteroatoms. The Labute approximate surface area is 105 Å². The van der Waals surface area contributed by atoms with E-state index in [1.165, 1.54) is 16.9 Å². The molecule has 1 rings (SSSR count). The van der Waals surface area contributed by atoms with E-state index in [4.69, 9.17) is 16.7 Å². The molecular weight excluding hydrogens is 246 g/mol. The van der Waals surface area contributed by atoms with E-state index in [2.05, 4.69) is 11.8 Å². The SMILES string of the molecule is CC(c1csc(Cl)c1)N(C)CCCC(=O)O. The molecule has 1 N–H and O–H groups in total. The number of rotatable bonds is 6. The number of hydrogen-bond acceptors (Lipinski definition) is 3. The summed E-state index contributed by atoms with van der Waals surface area (Å²) in [5, 5.41) is 10.6. The van der Waals surface area contributed by atoms with E-state index in [9.17, 15) is 4.79 Å². The topological polar surface area (TPSA) is 40.5 Å². The largest absolute Gasteiger partial charge is 0.481 e. The second-order valence-corrected chi connectivity index (χ2v) is 5.38. The van der Waals surface area contributed by atoms with Crippen LogP contribution in [0, 0.1) is 0 Å². The van der Waals surface area contributed by atoms with E-state index in [1.807, 2.05) is 18.5 Å². The van der Waals surface area contributed by atoms with Crippen molar-refractivity contribution in [3.63, 3.8) is 0 Å². The van der Waals surface area contributed by atoms with Crippen LogP contribution in [0.25, 0.3) is 0 Å². The van der Waals surface area contributed by atoms with Crippen molar-refractivity contribution in [2.45, 2.75) is 25.8 Å². The second-order valence-electron chi connectivity index (χ2n) is 3.84. The monoisotopic (exact) mass is 261 g/mol. The first-order valence-corrected chi connectivity index (χ1v) is 6.42. The van der Waals surface area contributed by atoms with Crippen LogP contribution >= 0.6 is 22.9 Å². The molecule has 16 heavy (non-hydrogen) atoms. The summed E-state index contributed by atoms with van der Waals surface area (Å²) in [6.45, 7) is 2.88. The Bertz CT molecular complexity index is 354. The number of carbonyl (C=O) groups is 1. The van der Waals surface area contributed by atoms with Crippen LogP contribution in [0.2, 0.25) is 4.34 Å². The third kappa shape index (κ3) is 4.12. The van der Waals surface area contributed by atoms with Crippen LogP contribution in [-0.2, 0) is 4.79 Å². The van der Waals surface area contributed by atoms with Gasteiger partial charge in [0.15, 0.2) is 0 Å². The number of thiophene rings is 1. The van der Waals surface area contributed by atoms with Gasteiger partial charge >= 0.3 is 5.97 Å². The van der Waals surface area contributed by atoms with Crippen molar-refractivity contribution in [3.8, 4) is 0 Å². The van der Waals surface area contributed by atoms with Gasteiger partial charge in [0.05, 0.1) is 4.34 Å². The fourth-order valence-electron chi connectivity index (χ4n) is 1.47. The zero-order valence-corrected chi connectivity index (χ0v) is 11.0. The molecule has 0 aliphatic heterocycles. The van der Waals surface area contributed by atoms with Gasteiger partial charge in [-0.1, -0.05) is 11.6 Å². The van der Waals surface area contributed by atoms with E-state index in [0.29, 0.717) is 6.42 Å². The van der Waals surface area contributed by atoms with Gasteiger partial charge in [0.25, 0.3) is 0 Å². The van der Waals surface area contributed by atoms with Crippen molar-refractivity contribution in [3.05, 3.63) is 21.3 Å². The van der Waals surface area contributed by atoms with E-state index in [1.54, 1.807) is 0 Å². The van der Waals surface area contributed by atoms with E-state index in [0.717, 1.165) is 10.9 Å². The van der Waals surface area contributed by atoms with Crippen LogP contribution in [0.3, 0.4) is 0 Å². The summed E-state index contributed by atoms with van der Waals surface area (Å²) in [6, 6.07) is 2.24. The molecule has 0 spiro atoms. The van der Waals surface area contributed by atoms with Crippen LogP contribution in [0.1, 0.15) is 31.4 Å². The summed E-state index contributed by atoms with van der Waals surface area (Å²) in [5.41, 5.74) is 1.19. The molecule has 3 nitrogen and oxygen atoms in total. The number of halogens is 1. The molecule has 0 saturated carbocycles. The lowest BCUT2D eigenvalue weighted by molar-refractivity contribution is -0.137. The summed E-state index contributed by atoms with van der Waals surface area (Å²) < 4.78 is 0.792. The average Bonchev–Trinajstić information content (AvgIpc) is 2.63. The smallest absolute Gasteiger partial charge is 0.303 e. The zero-order chi connectivity index (χ0) is 12.1. The normalized spacial score (nSPS) is 13.0. The predicted molar refractivity (Wildman–Crippen MR) is 67.2 cm³/mol. The van der Waals surface area contributed by atoms with Crippen molar-refractivity contribution < 1.29 is 9.90 Å². The Morgan fingerprint density at radius 3 is 2.88 bits per heavy atom. The number of carboxylic acid groups (broad SMARTS) is 1. The first-order valence-electron chi connectivity index (χ1n) is 5.16. The Kier molecular flexibility index (Phi) is 5.25. The second kappa shape index (κ2) is 6.23. The van der Waals surface area contributed by atoms with Crippen molar-refractivity contribution in [1.82, 2.24) is 4.90 Å². The molecule has 0 radical (unpaired) electrons. The highest BCUT2D eigenvalue weighted by Gasteiger charge is 2.13. The van der Waals surface area contributed by atoms with Crippen molar-refractivity contribution in [1.29, 1.82) is 0 Å². The van der Waals surface area contributed by atoms with E-state index < -0.39 is 5.97 Å². The van der Waals surface area contributed by atoms with Gasteiger partial charge in [-0.15, -0.1) is 11.3 Å². The average molecular weight is 262 g/mol. The molecule has 1 heterocycles. The molecule has 90 valence electrons. The lowest BCUT2D eigenvalue weighted by Gasteiger charge is -2.23. The summed E-state index contributed by atoms with van der Waals surface area (Å²) in [7, 11) is 2.00. The molecule has 0 aromatic carbocycles. The maximum Gasteiger partial charge on any atom is 0.303 e. The Morgan fingerprint density at radius 2 is 2.38 bits per heavy atom. The van der Waals surface area contributed by atoms with Crippen LogP contribution in [-0.4, -0.2) is 29.6 Å². The molecule has 1 atom stereocenters. The maximum absolute atomic E-state index is 10.4. The highest BCUT2D eigenvalue weighted by molar-refractivity contribution is 7.14. The molecule has 1 unspecified atom stereocenters. The molecule has 1 aromatic rings. The standard InChI is InChI=1S/C11H16ClNO2S/c1-8(9-6-10(12)16-7-9)13(2)5-3-4-11(14)15/h6-8H,3-5H2,1-2H3,(H,14,15). The predicted octanol–water partition coefficient (Wildman–Crippen LogP) is 3.26. The zero-order valence-electron chi connectivity index (χ0n) is 9.44. The van der Waals surface area contributed by atoms with Gasteiger partial charge in [-0.05, 0) is 43.9 Å². The molecule has 0 saturated heterocycles. The number of hydrogen-bond donors (Lipinski definition) is 1. The first-order chi connectivity index (χ1) is 7.50. The van der Waals surface area contributed by atoms with Crippen LogP contribution in [0.5, 0.6) is 0 Å². The van der Waals surface area contributed by atoms with Gasteiger partial charge in [-0.25, -0.2) is 0 Å². The van der Waals surface area contributed by atoms with Crippen LogP contribution in [0.15, 0.2) is 11.4 Å². The van der Waals surface area contributed by atoms with Gasteiger partial charge in [-0.2, -0.15) is 0 Å². The highest BCUT2D eigenvalue weighted by Crippen LogP contribution is 2.27. The van der Waals surface area contributed by atoms with Gasteiger partial charge in [0, 0.05) is 12.5 Å². The molecule has 0 aliphatic rings. The minimum Gasteiger partial charge on any atom is -0.481 e. The molecule has 1 aromatic heterocycles. The van der Waals surface area contributed by atoms with E-state index in [-0.39, 0.29) is 12.5 Å². The van der Waals surface area contributed by atoms with Gasteiger partial charge in [0.1, 0.15) is 0 Å². The maximum atomic E-state index is 10.4.